The Hall–Kier alpha value is -0.750. The molecule has 0 unspecified atom stereocenters. The average molecular weight is 296 g/mol. The van der Waals surface area contributed by atoms with Crippen molar-refractivity contribution in [1.29, 1.82) is 0 Å². The Morgan fingerprint density at radius 2 is 2.25 bits per heavy atom. The van der Waals surface area contributed by atoms with Gasteiger partial charge in [-0.2, -0.15) is 0 Å². The molecular formula is C15H24N2O2S. The van der Waals surface area contributed by atoms with Crippen LogP contribution in [0.1, 0.15) is 42.8 Å². The van der Waals surface area contributed by atoms with Gasteiger partial charge in [0.05, 0.1) is 11.4 Å². The Balaban J connectivity index is 1.81. The summed E-state index contributed by atoms with van der Waals surface area (Å²) in [7, 11) is 0. The van der Waals surface area contributed by atoms with Gasteiger partial charge in [0.15, 0.2) is 5.78 Å². The number of aliphatic hydroxyl groups is 1. The summed E-state index contributed by atoms with van der Waals surface area (Å²) in [6.45, 7) is 6.43. The molecule has 2 rings (SSSR count). The van der Waals surface area contributed by atoms with Crippen LogP contribution in [-0.4, -0.2) is 47.2 Å². The van der Waals surface area contributed by atoms with Gasteiger partial charge < -0.3 is 5.11 Å². The van der Waals surface area contributed by atoms with Gasteiger partial charge in [0.1, 0.15) is 6.23 Å². The fourth-order valence-electron chi connectivity index (χ4n) is 2.57. The van der Waals surface area contributed by atoms with Crippen molar-refractivity contribution in [1.82, 2.24) is 10.2 Å². The molecule has 2 N–H and O–H groups in total. The molecule has 1 aliphatic heterocycles. The van der Waals surface area contributed by atoms with Gasteiger partial charge in [0.25, 0.3) is 0 Å². The first-order chi connectivity index (χ1) is 9.52. The van der Waals surface area contributed by atoms with Gasteiger partial charge in [-0.05, 0) is 37.6 Å². The first kappa shape index (κ1) is 15.6. The highest BCUT2D eigenvalue weighted by molar-refractivity contribution is 7.12. The summed E-state index contributed by atoms with van der Waals surface area (Å²) in [5, 5.41) is 15.0. The van der Waals surface area contributed by atoms with E-state index in [0.29, 0.717) is 6.54 Å². The maximum absolute atomic E-state index is 12.1. The Morgan fingerprint density at radius 3 is 2.80 bits per heavy atom. The number of rotatable bonds is 6. The second-order valence-corrected chi connectivity index (χ2v) is 6.75. The number of nitrogens with one attached hydrogen (secondary N) is 1. The van der Waals surface area contributed by atoms with Gasteiger partial charge in [-0.1, -0.05) is 13.0 Å². The number of Topliss-reactive ketones (excluding diaryl/α,β-unsaturated/α-hetero) is 1. The number of nitrogens with zero attached hydrogens (tertiary/aromatic N) is 1. The third-order valence-corrected chi connectivity index (χ3v) is 4.94. The van der Waals surface area contributed by atoms with Crippen molar-refractivity contribution < 1.29 is 9.90 Å². The predicted molar refractivity (Wildman–Crippen MR) is 82.2 cm³/mol. The van der Waals surface area contributed by atoms with Gasteiger partial charge in [0, 0.05) is 18.6 Å². The number of carbonyl (C=O) groups is 1. The first-order valence-corrected chi connectivity index (χ1v) is 8.15. The monoisotopic (exact) mass is 296 g/mol. The van der Waals surface area contributed by atoms with Crippen molar-refractivity contribution in [2.45, 2.75) is 44.9 Å². The molecular weight excluding hydrogens is 272 g/mol. The smallest absolute Gasteiger partial charge is 0.186 e. The lowest BCUT2D eigenvalue weighted by atomic mass is 9.89. The van der Waals surface area contributed by atoms with Crippen LogP contribution in [0.2, 0.25) is 0 Å². The van der Waals surface area contributed by atoms with E-state index in [4.69, 9.17) is 0 Å². The minimum atomic E-state index is -0.431. The second kappa shape index (κ2) is 6.80. The van der Waals surface area contributed by atoms with Gasteiger partial charge in [0.2, 0.25) is 0 Å². The summed E-state index contributed by atoms with van der Waals surface area (Å²) in [5.41, 5.74) is -0.0160. The minimum Gasteiger partial charge on any atom is -0.379 e. The van der Waals surface area contributed by atoms with Crippen LogP contribution in [0.5, 0.6) is 0 Å². The Labute approximate surface area is 124 Å². The van der Waals surface area contributed by atoms with E-state index < -0.39 is 6.23 Å². The molecule has 4 nitrogen and oxygen atoms in total. The van der Waals surface area contributed by atoms with E-state index in [0.717, 1.165) is 37.2 Å². The number of hydrogen-bond acceptors (Lipinski definition) is 5. The number of thiophene rings is 1. The lowest BCUT2D eigenvalue weighted by Crippen LogP contribution is -2.55. The number of likely N-dealkylation sites (tertiary alicyclic amines) is 1. The van der Waals surface area contributed by atoms with Crippen molar-refractivity contribution in [3.8, 4) is 0 Å². The number of hydrogen-bond donors (Lipinski definition) is 2. The summed E-state index contributed by atoms with van der Waals surface area (Å²) >= 11 is 1.51. The quantitative estimate of drug-likeness (QED) is 0.623. The van der Waals surface area contributed by atoms with Crippen LogP contribution in [0, 0.1) is 0 Å². The van der Waals surface area contributed by atoms with Crippen LogP contribution in [0.25, 0.3) is 0 Å². The molecule has 0 radical (unpaired) electrons. The fourth-order valence-corrected chi connectivity index (χ4v) is 3.23. The fraction of sp³-hybridized carbons (Fsp3) is 0.667. The molecule has 1 aromatic heterocycles. The molecule has 0 aromatic carbocycles. The third-order valence-electron chi connectivity index (χ3n) is 4.02. The molecule has 0 aliphatic carbocycles. The maximum Gasteiger partial charge on any atom is 0.186 e. The zero-order valence-corrected chi connectivity index (χ0v) is 13.1. The number of piperidine rings is 1. The molecule has 2 heterocycles. The Morgan fingerprint density at radius 1 is 1.55 bits per heavy atom. The van der Waals surface area contributed by atoms with Crippen molar-refractivity contribution in [2.24, 2.45) is 0 Å². The van der Waals surface area contributed by atoms with Crippen molar-refractivity contribution >= 4 is 17.1 Å². The highest BCUT2D eigenvalue weighted by atomic mass is 32.1. The molecule has 1 aromatic rings. The van der Waals surface area contributed by atoms with Gasteiger partial charge >= 0.3 is 0 Å². The molecule has 1 aliphatic rings. The largest absolute Gasteiger partial charge is 0.379 e. The minimum absolute atomic E-state index is 0.0160. The lowest BCUT2D eigenvalue weighted by Gasteiger charge is -2.41. The molecule has 1 fully saturated rings. The van der Waals surface area contributed by atoms with Gasteiger partial charge in [-0.15, -0.1) is 11.3 Å². The SMILES string of the molecule is CC[C@@H](O)NC1(C)CCN(CC(=O)c2cccs2)CC1. The lowest BCUT2D eigenvalue weighted by molar-refractivity contribution is 0.0556. The number of aliphatic hydroxyl groups excluding tert-OH is 1. The first-order valence-electron chi connectivity index (χ1n) is 7.27. The third kappa shape index (κ3) is 4.12. The van der Waals surface area contributed by atoms with Gasteiger partial charge in [-0.25, -0.2) is 0 Å². The zero-order chi connectivity index (χ0) is 14.6. The van der Waals surface area contributed by atoms with Crippen LogP contribution in [-0.2, 0) is 0 Å². The summed E-state index contributed by atoms with van der Waals surface area (Å²) < 4.78 is 0. The predicted octanol–water partition coefficient (Wildman–Crippen LogP) is 2.10. The summed E-state index contributed by atoms with van der Waals surface area (Å²) in [6.07, 6.45) is 2.21. The zero-order valence-electron chi connectivity index (χ0n) is 12.3. The molecule has 20 heavy (non-hydrogen) atoms. The molecule has 112 valence electrons. The summed E-state index contributed by atoms with van der Waals surface area (Å²) in [5.74, 6) is 0.213. The van der Waals surface area contributed by atoms with Crippen LogP contribution < -0.4 is 5.32 Å². The average Bonchev–Trinajstić information content (AvgIpc) is 2.95. The van der Waals surface area contributed by atoms with E-state index in [1.54, 1.807) is 0 Å². The van der Waals surface area contributed by atoms with Crippen LogP contribution >= 0.6 is 11.3 Å². The van der Waals surface area contributed by atoms with Crippen LogP contribution in [0.15, 0.2) is 17.5 Å². The summed E-state index contributed by atoms with van der Waals surface area (Å²) in [4.78, 5) is 15.1. The topological polar surface area (TPSA) is 52.6 Å². The van der Waals surface area contributed by atoms with Crippen molar-refractivity contribution in [3.05, 3.63) is 22.4 Å². The Bertz CT molecular complexity index is 425. The van der Waals surface area contributed by atoms with Crippen molar-refractivity contribution in [3.63, 3.8) is 0 Å². The number of carbonyl (C=O) groups excluding carboxylic acids is 1. The maximum atomic E-state index is 12.1. The van der Waals surface area contributed by atoms with Gasteiger partial charge in [-0.3, -0.25) is 15.0 Å². The van der Waals surface area contributed by atoms with E-state index in [1.807, 2.05) is 24.4 Å². The molecule has 1 atom stereocenters. The standard InChI is InChI=1S/C15H24N2O2S/c1-3-14(19)16-15(2)6-8-17(9-7-15)11-12(18)13-5-4-10-20-13/h4-5,10,14,16,19H,3,6-9,11H2,1-2H3/t14-/m1/s1. The summed E-state index contributed by atoms with van der Waals surface area (Å²) in [6, 6.07) is 3.81. The van der Waals surface area contributed by atoms with E-state index in [2.05, 4.69) is 17.1 Å². The van der Waals surface area contributed by atoms with Crippen LogP contribution in [0.3, 0.4) is 0 Å². The second-order valence-electron chi connectivity index (χ2n) is 5.81. The molecule has 0 spiro atoms. The molecule has 0 saturated carbocycles. The highest BCUT2D eigenvalue weighted by Crippen LogP contribution is 2.23. The van der Waals surface area contributed by atoms with Crippen LogP contribution in [0.4, 0.5) is 0 Å². The van der Waals surface area contributed by atoms with E-state index in [-0.39, 0.29) is 11.3 Å². The molecule has 0 bridgehead atoms. The van der Waals surface area contributed by atoms with Crippen molar-refractivity contribution in [2.75, 3.05) is 19.6 Å². The van der Waals surface area contributed by atoms with E-state index in [9.17, 15) is 9.90 Å². The highest BCUT2D eigenvalue weighted by Gasteiger charge is 2.31. The van der Waals surface area contributed by atoms with E-state index in [1.165, 1.54) is 11.3 Å². The normalized spacial score (nSPS) is 20.8. The van der Waals surface area contributed by atoms with E-state index >= 15 is 0 Å². The number of ketones is 1. The Kier molecular flexibility index (Phi) is 5.32. The molecule has 1 saturated heterocycles. The molecule has 0 amide bonds. The molecule has 5 heteroatoms.